The molecule has 0 spiro atoms. The topological polar surface area (TPSA) is 38.1 Å². The first-order valence-corrected chi connectivity index (χ1v) is 9.06. The van der Waals surface area contributed by atoms with Crippen LogP contribution in [0.25, 0.3) is 0 Å². The van der Waals surface area contributed by atoms with Crippen molar-refractivity contribution in [3.8, 4) is 0 Å². The van der Waals surface area contributed by atoms with E-state index in [9.17, 15) is 4.79 Å². The first-order valence-electron chi connectivity index (χ1n) is 9.06. The Morgan fingerprint density at radius 2 is 2.12 bits per heavy atom. The highest BCUT2D eigenvalue weighted by atomic mass is 16.2. The number of hydrogen-bond acceptors (Lipinski definition) is 2. The Bertz CT molecular complexity index is 624. The second kappa shape index (κ2) is 8.13. The van der Waals surface area contributed by atoms with Gasteiger partial charge in [0.05, 0.1) is 18.4 Å². The van der Waals surface area contributed by atoms with Crippen LogP contribution in [0, 0.1) is 0 Å². The maximum atomic E-state index is 12.8. The molecule has 4 heteroatoms. The second-order valence-corrected chi connectivity index (χ2v) is 6.74. The van der Waals surface area contributed by atoms with Gasteiger partial charge in [0, 0.05) is 25.4 Å². The molecule has 24 heavy (non-hydrogen) atoms. The molecule has 2 unspecified atom stereocenters. The van der Waals surface area contributed by atoms with Crippen molar-refractivity contribution in [1.82, 2.24) is 14.5 Å². The van der Waals surface area contributed by atoms with E-state index in [0.29, 0.717) is 12.3 Å². The lowest BCUT2D eigenvalue weighted by atomic mass is 9.95. The fraction of sp³-hybridized carbons (Fsp3) is 0.500. The average Bonchev–Trinajstić information content (AvgIpc) is 3.16. The highest BCUT2D eigenvalue weighted by Crippen LogP contribution is 2.27. The van der Waals surface area contributed by atoms with Crippen LogP contribution in [0.2, 0.25) is 0 Å². The van der Waals surface area contributed by atoms with E-state index in [4.69, 9.17) is 0 Å². The van der Waals surface area contributed by atoms with E-state index in [1.165, 1.54) is 12.0 Å². The monoisotopic (exact) mass is 325 g/mol. The Morgan fingerprint density at radius 3 is 2.88 bits per heavy atom. The minimum atomic E-state index is 0.283. The highest BCUT2D eigenvalue weighted by Gasteiger charge is 2.31. The molecule has 0 saturated carbocycles. The van der Waals surface area contributed by atoms with Gasteiger partial charge in [-0.25, -0.2) is 4.98 Å². The summed E-state index contributed by atoms with van der Waals surface area (Å²) in [6.07, 6.45) is 11.6. The van der Waals surface area contributed by atoms with Crippen molar-refractivity contribution in [3.05, 3.63) is 54.6 Å². The molecular weight excluding hydrogens is 298 g/mol. The number of amides is 1. The van der Waals surface area contributed by atoms with Crippen LogP contribution in [0.1, 0.15) is 50.6 Å². The first-order chi connectivity index (χ1) is 11.8. The number of likely N-dealkylation sites (tertiary alicyclic amines) is 1. The van der Waals surface area contributed by atoms with Gasteiger partial charge in [0.15, 0.2) is 0 Å². The van der Waals surface area contributed by atoms with Crippen molar-refractivity contribution < 1.29 is 4.79 Å². The fourth-order valence-electron chi connectivity index (χ4n) is 3.71. The summed E-state index contributed by atoms with van der Waals surface area (Å²) in [6.45, 7) is 3.09. The lowest BCUT2D eigenvalue weighted by Crippen LogP contribution is -2.47. The van der Waals surface area contributed by atoms with Crippen LogP contribution >= 0.6 is 0 Å². The SMILES string of the molecule is CC(C1CCCCN1C(=O)CCCc1ccccc1)n1ccnc1. The predicted molar refractivity (Wildman–Crippen MR) is 95.7 cm³/mol. The lowest BCUT2D eigenvalue weighted by molar-refractivity contribution is -0.136. The second-order valence-electron chi connectivity index (χ2n) is 6.74. The summed E-state index contributed by atoms with van der Waals surface area (Å²) in [5.41, 5.74) is 1.31. The molecular formula is C20H27N3O. The van der Waals surface area contributed by atoms with E-state index >= 15 is 0 Å². The Balaban J connectivity index is 1.57. The molecule has 1 aromatic carbocycles. The molecule has 2 heterocycles. The summed E-state index contributed by atoms with van der Waals surface area (Å²) in [5.74, 6) is 0.308. The van der Waals surface area contributed by atoms with Gasteiger partial charge in [0.1, 0.15) is 0 Å². The number of benzene rings is 1. The standard InChI is InChI=1S/C20H27N3O/c1-17(22-15-13-21-16-22)19-11-5-6-14-23(19)20(24)12-7-10-18-8-3-2-4-9-18/h2-4,8-9,13,15-17,19H,5-7,10-12,14H2,1H3. The van der Waals surface area contributed by atoms with E-state index < -0.39 is 0 Å². The van der Waals surface area contributed by atoms with Gasteiger partial charge in [0.25, 0.3) is 0 Å². The van der Waals surface area contributed by atoms with Crippen LogP contribution in [-0.4, -0.2) is 32.9 Å². The Morgan fingerprint density at radius 1 is 1.29 bits per heavy atom. The zero-order valence-electron chi connectivity index (χ0n) is 14.5. The van der Waals surface area contributed by atoms with Crippen LogP contribution in [0.3, 0.4) is 0 Å². The molecule has 0 aliphatic carbocycles. The quantitative estimate of drug-likeness (QED) is 0.809. The smallest absolute Gasteiger partial charge is 0.222 e. The molecule has 1 saturated heterocycles. The van der Waals surface area contributed by atoms with E-state index in [-0.39, 0.29) is 12.1 Å². The number of nitrogens with zero attached hydrogens (tertiary/aromatic N) is 3. The molecule has 2 atom stereocenters. The van der Waals surface area contributed by atoms with Crippen molar-refractivity contribution in [2.75, 3.05) is 6.54 Å². The van der Waals surface area contributed by atoms with Crippen molar-refractivity contribution in [3.63, 3.8) is 0 Å². The zero-order valence-corrected chi connectivity index (χ0v) is 14.5. The highest BCUT2D eigenvalue weighted by molar-refractivity contribution is 5.76. The number of carbonyl (C=O) groups is 1. The van der Waals surface area contributed by atoms with Crippen molar-refractivity contribution in [2.24, 2.45) is 0 Å². The van der Waals surface area contributed by atoms with Gasteiger partial charge in [-0.3, -0.25) is 4.79 Å². The first kappa shape index (κ1) is 16.7. The van der Waals surface area contributed by atoms with Crippen molar-refractivity contribution in [2.45, 2.75) is 57.5 Å². The van der Waals surface area contributed by atoms with E-state index in [1.807, 2.05) is 24.8 Å². The summed E-state index contributed by atoms with van der Waals surface area (Å²) >= 11 is 0. The minimum Gasteiger partial charge on any atom is -0.338 e. The van der Waals surface area contributed by atoms with Gasteiger partial charge in [-0.1, -0.05) is 30.3 Å². The Labute approximate surface area is 144 Å². The predicted octanol–water partition coefficient (Wildman–Crippen LogP) is 3.85. The number of aromatic nitrogens is 2. The molecule has 2 aromatic rings. The average molecular weight is 325 g/mol. The molecule has 1 fully saturated rings. The van der Waals surface area contributed by atoms with Gasteiger partial charge in [-0.2, -0.15) is 0 Å². The summed E-state index contributed by atoms with van der Waals surface area (Å²) in [4.78, 5) is 19.0. The molecule has 3 rings (SSSR count). The Kier molecular flexibility index (Phi) is 5.68. The maximum absolute atomic E-state index is 12.8. The third kappa shape index (κ3) is 4.05. The molecule has 1 amide bonds. The van der Waals surface area contributed by atoms with Crippen LogP contribution in [0.4, 0.5) is 0 Å². The number of piperidine rings is 1. The normalized spacial score (nSPS) is 19.2. The van der Waals surface area contributed by atoms with Crippen molar-refractivity contribution in [1.29, 1.82) is 0 Å². The summed E-state index contributed by atoms with van der Waals surface area (Å²) in [6, 6.07) is 11.0. The van der Waals surface area contributed by atoms with Gasteiger partial charge in [0.2, 0.25) is 5.91 Å². The van der Waals surface area contributed by atoms with Gasteiger partial charge in [-0.05, 0) is 44.6 Å². The van der Waals surface area contributed by atoms with E-state index in [1.54, 1.807) is 0 Å². The number of aryl methyl sites for hydroxylation is 1. The molecule has 0 N–H and O–H groups in total. The number of hydrogen-bond donors (Lipinski definition) is 0. The van der Waals surface area contributed by atoms with Crippen LogP contribution in [0.15, 0.2) is 49.1 Å². The molecule has 0 radical (unpaired) electrons. The molecule has 1 aliphatic rings. The van der Waals surface area contributed by atoms with Crippen LogP contribution in [0.5, 0.6) is 0 Å². The molecule has 4 nitrogen and oxygen atoms in total. The van der Waals surface area contributed by atoms with Gasteiger partial charge in [-0.15, -0.1) is 0 Å². The number of imidazole rings is 1. The zero-order chi connectivity index (χ0) is 16.8. The van der Waals surface area contributed by atoms with Gasteiger partial charge < -0.3 is 9.47 Å². The van der Waals surface area contributed by atoms with E-state index in [2.05, 4.69) is 45.6 Å². The largest absolute Gasteiger partial charge is 0.338 e. The molecule has 0 bridgehead atoms. The fourth-order valence-corrected chi connectivity index (χ4v) is 3.71. The lowest BCUT2D eigenvalue weighted by Gasteiger charge is -2.39. The summed E-state index contributed by atoms with van der Waals surface area (Å²) in [5, 5.41) is 0. The van der Waals surface area contributed by atoms with Crippen molar-refractivity contribution >= 4 is 5.91 Å². The van der Waals surface area contributed by atoms with Crippen LogP contribution in [-0.2, 0) is 11.2 Å². The summed E-state index contributed by atoms with van der Waals surface area (Å²) in [7, 11) is 0. The molecule has 1 aliphatic heterocycles. The minimum absolute atomic E-state index is 0.283. The van der Waals surface area contributed by atoms with Gasteiger partial charge >= 0.3 is 0 Å². The molecule has 1 aromatic heterocycles. The third-order valence-electron chi connectivity index (χ3n) is 5.12. The Hall–Kier alpha value is -2.10. The molecule has 128 valence electrons. The van der Waals surface area contributed by atoms with Crippen LogP contribution < -0.4 is 0 Å². The number of carbonyl (C=O) groups excluding carboxylic acids is 1. The van der Waals surface area contributed by atoms with E-state index in [0.717, 1.165) is 32.2 Å². The number of rotatable bonds is 6. The third-order valence-corrected chi connectivity index (χ3v) is 5.12. The maximum Gasteiger partial charge on any atom is 0.222 e. The summed E-state index contributed by atoms with van der Waals surface area (Å²) < 4.78 is 2.13.